The monoisotopic (exact) mass is 679 g/mol. The molecule has 6 heteroatoms. The van der Waals surface area contributed by atoms with Gasteiger partial charge in [0.2, 0.25) is 0 Å². The Bertz CT molecular complexity index is 3190. The number of hydrogen-bond donors (Lipinski definition) is 0. The highest BCUT2D eigenvalue weighted by Crippen LogP contribution is 2.41. The van der Waals surface area contributed by atoms with Crippen LogP contribution in [0.15, 0.2) is 176 Å². The summed E-state index contributed by atoms with van der Waals surface area (Å²) >= 11 is 0. The van der Waals surface area contributed by atoms with Gasteiger partial charge in [-0.1, -0.05) is 109 Å². The lowest BCUT2D eigenvalue weighted by atomic mass is 10.0. The Kier molecular flexibility index (Phi) is 6.45. The van der Waals surface area contributed by atoms with Crippen molar-refractivity contribution < 1.29 is 4.74 Å². The standard InChI is InChI=1S/C47H29N5O/c1-4-13-30(14-5-1)42-29-49-46-39-27-33(23-25-36(39)38-20-12-26-48-45(38)52(42)46)53-34-22-24-35-37-19-10-11-21-41(37)51-44(32-17-8-3-9-18-32)43(31-15-6-2-7-16-31)50-47(51)40(35)28-34/h1-29H. The first kappa shape index (κ1) is 29.4. The molecular weight excluding hydrogens is 651 g/mol. The van der Waals surface area contributed by atoms with Crippen LogP contribution >= 0.6 is 0 Å². The maximum atomic E-state index is 6.72. The molecule has 0 N–H and O–H groups in total. The Labute approximate surface area is 303 Å². The van der Waals surface area contributed by atoms with Gasteiger partial charge in [0.1, 0.15) is 28.4 Å². The van der Waals surface area contributed by atoms with E-state index in [-0.39, 0.29) is 0 Å². The molecule has 0 saturated heterocycles. The van der Waals surface area contributed by atoms with Crippen molar-refractivity contribution in [2.45, 2.75) is 0 Å². The molecule has 6 nitrogen and oxygen atoms in total. The number of benzene rings is 6. The zero-order valence-electron chi connectivity index (χ0n) is 28.4. The van der Waals surface area contributed by atoms with Crippen LogP contribution in [0.25, 0.3) is 88.5 Å². The van der Waals surface area contributed by atoms with E-state index in [0.717, 1.165) is 100 Å². The predicted octanol–water partition coefficient (Wildman–Crippen LogP) is 11.8. The van der Waals surface area contributed by atoms with Crippen molar-refractivity contribution in [2.24, 2.45) is 0 Å². The summed E-state index contributed by atoms with van der Waals surface area (Å²) in [6.07, 6.45) is 3.77. The number of rotatable bonds is 5. The Morgan fingerprint density at radius 1 is 0.415 bits per heavy atom. The van der Waals surface area contributed by atoms with E-state index in [2.05, 4.69) is 136 Å². The van der Waals surface area contributed by atoms with Gasteiger partial charge in [0.25, 0.3) is 0 Å². The molecule has 11 rings (SSSR count). The molecule has 6 aromatic carbocycles. The van der Waals surface area contributed by atoms with E-state index >= 15 is 0 Å². The average Bonchev–Trinajstić information content (AvgIpc) is 3.86. The molecule has 0 atom stereocenters. The molecule has 0 bridgehead atoms. The van der Waals surface area contributed by atoms with Crippen LogP contribution in [0, 0.1) is 0 Å². The lowest BCUT2D eigenvalue weighted by Crippen LogP contribution is -1.96. The van der Waals surface area contributed by atoms with E-state index in [1.54, 1.807) is 0 Å². The molecule has 0 radical (unpaired) electrons. The SMILES string of the molecule is c1ccc(-c2nc3c4cc(Oc5ccc6c7cccnc7n7c(-c8ccccc8)cnc7c6c5)ccc4c4ccccc4n3c2-c2ccccc2)cc1. The minimum atomic E-state index is 0.723. The van der Waals surface area contributed by atoms with Gasteiger partial charge >= 0.3 is 0 Å². The van der Waals surface area contributed by atoms with Crippen LogP contribution in [0.1, 0.15) is 0 Å². The molecule has 0 unspecified atom stereocenters. The Morgan fingerprint density at radius 2 is 1.00 bits per heavy atom. The molecular formula is C47H29N5O. The molecule has 11 aromatic rings. The molecule has 53 heavy (non-hydrogen) atoms. The van der Waals surface area contributed by atoms with E-state index in [4.69, 9.17) is 19.7 Å². The third-order valence-electron chi connectivity index (χ3n) is 10.2. The minimum absolute atomic E-state index is 0.723. The highest BCUT2D eigenvalue weighted by atomic mass is 16.5. The fourth-order valence-electron chi connectivity index (χ4n) is 7.90. The van der Waals surface area contributed by atoms with Crippen LogP contribution in [0.3, 0.4) is 0 Å². The van der Waals surface area contributed by atoms with Crippen molar-refractivity contribution in [3.63, 3.8) is 0 Å². The first-order valence-electron chi connectivity index (χ1n) is 17.7. The quantitative estimate of drug-likeness (QED) is 0.170. The highest BCUT2D eigenvalue weighted by Gasteiger charge is 2.21. The van der Waals surface area contributed by atoms with Gasteiger partial charge in [0.05, 0.1) is 28.8 Å². The Hall–Kier alpha value is -7.31. The van der Waals surface area contributed by atoms with Gasteiger partial charge in [-0.05, 0) is 65.4 Å². The molecule has 5 heterocycles. The van der Waals surface area contributed by atoms with Crippen molar-refractivity contribution in [1.29, 1.82) is 0 Å². The Balaban J connectivity index is 1.12. The van der Waals surface area contributed by atoms with Crippen molar-refractivity contribution in [1.82, 2.24) is 23.8 Å². The predicted molar refractivity (Wildman–Crippen MR) is 215 cm³/mol. The molecule has 0 saturated carbocycles. The van der Waals surface area contributed by atoms with Gasteiger partial charge < -0.3 is 4.74 Å². The topological polar surface area (TPSA) is 56.7 Å². The summed E-state index contributed by atoms with van der Waals surface area (Å²) < 4.78 is 11.2. The summed E-state index contributed by atoms with van der Waals surface area (Å²) in [6, 6.07) is 56.6. The number of ether oxygens (including phenoxy) is 1. The number of imidazole rings is 2. The number of hydrogen-bond acceptors (Lipinski definition) is 4. The minimum Gasteiger partial charge on any atom is -0.457 e. The zero-order valence-corrected chi connectivity index (χ0v) is 28.4. The number of nitrogens with zero attached hydrogens (tertiary/aromatic N) is 5. The molecule has 0 aliphatic carbocycles. The second-order valence-corrected chi connectivity index (χ2v) is 13.3. The lowest BCUT2D eigenvalue weighted by molar-refractivity contribution is 0.484. The van der Waals surface area contributed by atoms with Crippen LogP contribution in [-0.2, 0) is 0 Å². The van der Waals surface area contributed by atoms with Gasteiger partial charge in [-0.25, -0.2) is 15.0 Å². The Morgan fingerprint density at radius 3 is 1.74 bits per heavy atom. The highest BCUT2D eigenvalue weighted by molar-refractivity contribution is 6.14. The second kappa shape index (κ2) is 11.6. The maximum Gasteiger partial charge on any atom is 0.146 e. The largest absolute Gasteiger partial charge is 0.457 e. The van der Waals surface area contributed by atoms with Crippen molar-refractivity contribution in [2.75, 3.05) is 0 Å². The van der Waals surface area contributed by atoms with E-state index in [0.29, 0.717) is 0 Å². The molecule has 5 aromatic heterocycles. The lowest BCUT2D eigenvalue weighted by Gasteiger charge is -2.14. The fraction of sp³-hybridized carbons (Fsp3) is 0. The normalized spacial score (nSPS) is 11.8. The molecule has 0 spiro atoms. The first-order valence-corrected chi connectivity index (χ1v) is 17.7. The van der Waals surface area contributed by atoms with E-state index in [1.165, 1.54) is 0 Å². The zero-order chi connectivity index (χ0) is 34.9. The fourth-order valence-corrected chi connectivity index (χ4v) is 7.90. The van der Waals surface area contributed by atoms with Crippen molar-refractivity contribution in [3.8, 4) is 45.3 Å². The van der Waals surface area contributed by atoms with E-state index < -0.39 is 0 Å². The van der Waals surface area contributed by atoms with E-state index in [1.807, 2.05) is 48.8 Å². The summed E-state index contributed by atoms with van der Waals surface area (Å²) in [7, 11) is 0. The number of pyridine rings is 3. The van der Waals surface area contributed by atoms with Gasteiger partial charge in [-0.3, -0.25) is 8.80 Å². The van der Waals surface area contributed by atoms with E-state index in [9.17, 15) is 0 Å². The summed E-state index contributed by atoms with van der Waals surface area (Å²) in [4.78, 5) is 15.2. The van der Waals surface area contributed by atoms with Crippen molar-refractivity contribution >= 4 is 54.8 Å². The summed E-state index contributed by atoms with van der Waals surface area (Å²) in [6.45, 7) is 0. The van der Waals surface area contributed by atoms with Gasteiger partial charge in [-0.2, -0.15) is 0 Å². The third-order valence-corrected chi connectivity index (χ3v) is 10.2. The van der Waals surface area contributed by atoms with Crippen LogP contribution in [0.4, 0.5) is 0 Å². The first-order chi connectivity index (χ1) is 26.3. The van der Waals surface area contributed by atoms with Crippen LogP contribution in [0.2, 0.25) is 0 Å². The molecule has 248 valence electrons. The summed E-state index contributed by atoms with van der Waals surface area (Å²) in [5.74, 6) is 1.45. The third kappa shape index (κ3) is 4.56. The number of aromatic nitrogens is 5. The van der Waals surface area contributed by atoms with Crippen LogP contribution in [-0.4, -0.2) is 23.8 Å². The average molecular weight is 680 g/mol. The van der Waals surface area contributed by atoms with Gasteiger partial charge in [0.15, 0.2) is 0 Å². The summed E-state index contributed by atoms with van der Waals surface area (Å²) in [5, 5.41) is 6.41. The van der Waals surface area contributed by atoms with Crippen molar-refractivity contribution in [3.05, 3.63) is 176 Å². The van der Waals surface area contributed by atoms with Crippen LogP contribution < -0.4 is 4.74 Å². The maximum absolute atomic E-state index is 6.72. The second-order valence-electron chi connectivity index (χ2n) is 13.3. The number of fused-ring (bicyclic) bond motifs is 12. The molecule has 0 amide bonds. The van der Waals surface area contributed by atoms with Gasteiger partial charge in [-0.15, -0.1) is 0 Å². The van der Waals surface area contributed by atoms with Gasteiger partial charge in [0, 0.05) is 44.4 Å². The molecule has 0 fully saturated rings. The smallest absolute Gasteiger partial charge is 0.146 e. The molecule has 0 aliphatic rings. The number of para-hydroxylation sites is 1. The summed E-state index contributed by atoms with van der Waals surface area (Å²) in [5.41, 5.74) is 9.94. The molecule has 0 aliphatic heterocycles. The van der Waals surface area contributed by atoms with Crippen LogP contribution in [0.5, 0.6) is 11.5 Å².